The van der Waals surface area contributed by atoms with E-state index >= 15 is 0 Å². The molecule has 1 aromatic rings. The van der Waals surface area contributed by atoms with Gasteiger partial charge in [0.05, 0.1) is 11.7 Å². The molecule has 2 rings (SSSR count). The molecule has 0 unspecified atom stereocenters. The number of aliphatic hydroxyl groups is 1. The van der Waals surface area contributed by atoms with Crippen LogP contribution in [-0.4, -0.2) is 22.1 Å². The molecule has 0 amide bonds. The van der Waals surface area contributed by atoms with Gasteiger partial charge in [0.25, 0.3) is 0 Å². The molecule has 3 heteroatoms. The Labute approximate surface area is 75.6 Å². The Kier molecular flexibility index (Phi) is 1.81. The first-order valence-corrected chi connectivity index (χ1v) is 4.20. The van der Waals surface area contributed by atoms with Crippen LogP contribution in [0.3, 0.4) is 0 Å². The van der Waals surface area contributed by atoms with Gasteiger partial charge in [-0.15, -0.1) is 0 Å². The summed E-state index contributed by atoms with van der Waals surface area (Å²) >= 11 is 0. The van der Waals surface area contributed by atoms with E-state index in [1.54, 1.807) is 12.1 Å². The highest BCUT2D eigenvalue weighted by molar-refractivity contribution is 6.01. The smallest absolute Gasteiger partial charge is 0.169 e. The molecule has 13 heavy (non-hydrogen) atoms. The molecular formula is C10H10O3. The van der Waals surface area contributed by atoms with Crippen molar-refractivity contribution in [2.24, 2.45) is 0 Å². The molecule has 0 aromatic heterocycles. The molecule has 68 valence electrons. The molecule has 1 aliphatic carbocycles. The number of rotatable bonds is 0. The number of hydrogen-bond donors (Lipinski definition) is 2. The van der Waals surface area contributed by atoms with Gasteiger partial charge in [-0.05, 0) is 18.1 Å². The van der Waals surface area contributed by atoms with Crippen molar-refractivity contribution in [2.45, 2.75) is 18.9 Å². The summed E-state index contributed by atoms with van der Waals surface area (Å²) in [6, 6.07) is 4.93. The van der Waals surface area contributed by atoms with E-state index in [9.17, 15) is 15.0 Å². The summed E-state index contributed by atoms with van der Waals surface area (Å²) in [5.74, 6) is -0.152. The van der Waals surface area contributed by atoms with E-state index in [2.05, 4.69) is 0 Å². The molecule has 0 fully saturated rings. The van der Waals surface area contributed by atoms with Gasteiger partial charge in [-0.25, -0.2) is 0 Å². The Morgan fingerprint density at radius 1 is 1.31 bits per heavy atom. The predicted molar refractivity (Wildman–Crippen MR) is 46.8 cm³/mol. The number of Topliss-reactive ketones (excluding diaryl/α,β-unsaturated/α-hetero) is 1. The van der Waals surface area contributed by atoms with Crippen molar-refractivity contribution in [3.05, 3.63) is 29.3 Å². The van der Waals surface area contributed by atoms with E-state index in [0.29, 0.717) is 12.0 Å². The number of phenolic OH excluding ortho intramolecular Hbond substituents is 1. The minimum absolute atomic E-state index is 0.0226. The predicted octanol–water partition coefficient (Wildman–Crippen LogP) is 0.882. The fourth-order valence-corrected chi connectivity index (χ4v) is 1.72. The summed E-state index contributed by atoms with van der Waals surface area (Å²) < 4.78 is 0. The van der Waals surface area contributed by atoms with Gasteiger partial charge in [0, 0.05) is 6.42 Å². The lowest BCUT2D eigenvalue weighted by Crippen LogP contribution is -2.23. The lowest BCUT2D eigenvalue weighted by molar-refractivity contribution is 0.0850. The number of phenols is 1. The van der Waals surface area contributed by atoms with Gasteiger partial charge in [0.1, 0.15) is 5.75 Å². The zero-order valence-corrected chi connectivity index (χ0v) is 7.03. The Balaban J connectivity index is 2.55. The quantitative estimate of drug-likeness (QED) is 0.620. The summed E-state index contributed by atoms with van der Waals surface area (Å²) in [6.45, 7) is 0. The van der Waals surface area contributed by atoms with E-state index < -0.39 is 6.10 Å². The van der Waals surface area contributed by atoms with Crippen molar-refractivity contribution in [3.63, 3.8) is 0 Å². The first-order valence-electron chi connectivity index (χ1n) is 4.20. The first-order chi connectivity index (χ1) is 6.18. The molecule has 0 spiro atoms. The van der Waals surface area contributed by atoms with Gasteiger partial charge < -0.3 is 10.2 Å². The molecule has 0 saturated carbocycles. The van der Waals surface area contributed by atoms with Crippen LogP contribution < -0.4 is 0 Å². The van der Waals surface area contributed by atoms with Gasteiger partial charge >= 0.3 is 0 Å². The number of benzene rings is 1. The zero-order chi connectivity index (χ0) is 9.42. The van der Waals surface area contributed by atoms with Crippen molar-refractivity contribution >= 4 is 5.78 Å². The second kappa shape index (κ2) is 2.85. The fourth-order valence-electron chi connectivity index (χ4n) is 1.72. The van der Waals surface area contributed by atoms with Crippen molar-refractivity contribution in [1.29, 1.82) is 0 Å². The molecule has 0 aliphatic heterocycles. The van der Waals surface area contributed by atoms with E-state index in [1.165, 1.54) is 6.07 Å². The lowest BCUT2D eigenvalue weighted by atomic mass is 9.88. The van der Waals surface area contributed by atoms with Gasteiger partial charge in [-0.3, -0.25) is 4.79 Å². The minimum atomic E-state index is -0.596. The number of fused-ring (bicyclic) bond motifs is 1. The second-order valence-electron chi connectivity index (χ2n) is 3.30. The van der Waals surface area contributed by atoms with Crippen LogP contribution in [0.5, 0.6) is 5.75 Å². The Hall–Kier alpha value is -1.35. The number of carbonyl (C=O) groups excluding carboxylic acids is 1. The van der Waals surface area contributed by atoms with Crippen LogP contribution in [-0.2, 0) is 6.42 Å². The molecule has 0 radical (unpaired) electrons. The molecule has 2 N–H and O–H groups in total. The molecule has 1 aromatic carbocycles. The van der Waals surface area contributed by atoms with Crippen LogP contribution in [0.4, 0.5) is 0 Å². The normalized spacial score (nSPS) is 21.3. The van der Waals surface area contributed by atoms with Crippen LogP contribution in [0, 0.1) is 0 Å². The summed E-state index contributed by atoms with van der Waals surface area (Å²) in [6.07, 6.45) is -0.0261. The van der Waals surface area contributed by atoms with E-state index in [-0.39, 0.29) is 18.0 Å². The van der Waals surface area contributed by atoms with Crippen molar-refractivity contribution in [3.8, 4) is 5.75 Å². The van der Waals surface area contributed by atoms with Crippen molar-refractivity contribution < 1.29 is 15.0 Å². The van der Waals surface area contributed by atoms with Crippen LogP contribution in [0.2, 0.25) is 0 Å². The van der Waals surface area contributed by atoms with Gasteiger partial charge in [0.2, 0.25) is 0 Å². The SMILES string of the molecule is O=C1C[C@@H](O)Cc2cccc(O)c21. The minimum Gasteiger partial charge on any atom is -0.507 e. The summed E-state index contributed by atoms with van der Waals surface area (Å²) in [4.78, 5) is 11.4. The Morgan fingerprint density at radius 2 is 2.08 bits per heavy atom. The third-order valence-corrected chi connectivity index (χ3v) is 2.28. The van der Waals surface area contributed by atoms with E-state index in [4.69, 9.17) is 0 Å². The fraction of sp³-hybridized carbons (Fsp3) is 0.300. The van der Waals surface area contributed by atoms with Gasteiger partial charge in [-0.2, -0.15) is 0 Å². The standard InChI is InChI=1S/C10H10O3/c11-7-4-6-2-1-3-8(12)10(6)9(13)5-7/h1-3,7,11-12H,4-5H2/t7-/m0/s1. The highest BCUT2D eigenvalue weighted by Crippen LogP contribution is 2.28. The molecule has 3 nitrogen and oxygen atoms in total. The zero-order valence-electron chi connectivity index (χ0n) is 7.03. The molecule has 0 saturated heterocycles. The monoisotopic (exact) mass is 178 g/mol. The third-order valence-electron chi connectivity index (χ3n) is 2.28. The maximum atomic E-state index is 11.4. The van der Waals surface area contributed by atoms with Crippen LogP contribution in [0.1, 0.15) is 22.3 Å². The average molecular weight is 178 g/mol. The van der Waals surface area contributed by atoms with Gasteiger partial charge in [-0.1, -0.05) is 12.1 Å². The number of carbonyl (C=O) groups is 1. The molecule has 1 aliphatic rings. The largest absolute Gasteiger partial charge is 0.507 e. The van der Waals surface area contributed by atoms with Gasteiger partial charge in [0.15, 0.2) is 5.78 Å². The highest BCUT2D eigenvalue weighted by atomic mass is 16.3. The second-order valence-corrected chi connectivity index (χ2v) is 3.30. The Morgan fingerprint density at radius 3 is 2.85 bits per heavy atom. The highest BCUT2D eigenvalue weighted by Gasteiger charge is 2.25. The average Bonchev–Trinajstić information content (AvgIpc) is 2.02. The first kappa shape index (κ1) is 8.26. The molecule has 1 atom stereocenters. The molecular weight excluding hydrogens is 168 g/mol. The molecule has 0 heterocycles. The lowest BCUT2D eigenvalue weighted by Gasteiger charge is -2.19. The maximum absolute atomic E-state index is 11.4. The maximum Gasteiger partial charge on any atom is 0.169 e. The third kappa shape index (κ3) is 1.31. The number of ketones is 1. The summed E-state index contributed by atoms with van der Waals surface area (Å²) in [5, 5.41) is 18.7. The summed E-state index contributed by atoms with van der Waals surface area (Å²) in [5.41, 5.74) is 1.12. The summed E-state index contributed by atoms with van der Waals surface area (Å²) in [7, 11) is 0. The number of aromatic hydroxyl groups is 1. The van der Waals surface area contributed by atoms with Crippen molar-refractivity contribution in [2.75, 3.05) is 0 Å². The van der Waals surface area contributed by atoms with E-state index in [1.807, 2.05) is 0 Å². The van der Waals surface area contributed by atoms with Crippen molar-refractivity contribution in [1.82, 2.24) is 0 Å². The molecule has 0 bridgehead atoms. The Bertz CT molecular complexity index is 357. The topological polar surface area (TPSA) is 57.5 Å². The van der Waals surface area contributed by atoms with Crippen LogP contribution >= 0.6 is 0 Å². The van der Waals surface area contributed by atoms with E-state index in [0.717, 1.165) is 5.56 Å². The van der Waals surface area contributed by atoms with Crippen LogP contribution in [0.25, 0.3) is 0 Å². The number of aliphatic hydroxyl groups excluding tert-OH is 1. The van der Waals surface area contributed by atoms with Crippen LogP contribution in [0.15, 0.2) is 18.2 Å². The number of hydrogen-bond acceptors (Lipinski definition) is 3.